The predicted octanol–water partition coefficient (Wildman–Crippen LogP) is 3.43. The number of hydrogen-bond donors (Lipinski definition) is 0. The molecule has 1 aliphatic heterocycles. The highest BCUT2D eigenvalue weighted by atomic mass is 16.7. The zero-order valence-electron chi connectivity index (χ0n) is 12.3. The van der Waals surface area contributed by atoms with E-state index in [9.17, 15) is 0 Å². The molecule has 0 N–H and O–H groups in total. The van der Waals surface area contributed by atoms with Gasteiger partial charge in [0.2, 0.25) is 0 Å². The second kappa shape index (κ2) is 10.8. The molecule has 0 atom stereocenters. The standard InChI is InChI=1S/C15H31NO2/c1-3-17-15(18-4-2)11-7-5-8-12-16-13-9-6-10-14-16/h15H,3-14H2,1-2H3. The van der Waals surface area contributed by atoms with Gasteiger partial charge in [-0.1, -0.05) is 12.8 Å². The average molecular weight is 257 g/mol. The van der Waals surface area contributed by atoms with Gasteiger partial charge in [-0.2, -0.15) is 0 Å². The normalized spacial score (nSPS) is 17.5. The zero-order valence-corrected chi connectivity index (χ0v) is 12.3. The molecule has 0 amide bonds. The Labute approximate surface area is 113 Å². The Balaban J connectivity index is 1.95. The summed E-state index contributed by atoms with van der Waals surface area (Å²) in [5.74, 6) is 0. The van der Waals surface area contributed by atoms with Crippen molar-refractivity contribution in [1.82, 2.24) is 4.90 Å². The van der Waals surface area contributed by atoms with Gasteiger partial charge in [0, 0.05) is 13.2 Å². The molecule has 0 saturated carbocycles. The van der Waals surface area contributed by atoms with Crippen LogP contribution < -0.4 is 0 Å². The van der Waals surface area contributed by atoms with Gasteiger partial charge in [-0.25, -0.2) is 0 Å². The molecule has 0 radical (unpaired) electrons. The topological polar surface area (TPSA) is 21.7 Å². The molecule has 3 heteroatoms. The highest BCUT2D eigenvalue weighted by Gasteiger charge is 2.10. The fourth-order valence-corrected chi connectivity index (χ4v) is 2.59. The summed E-state index contributed by atoms with van der Waals surface area (Å²) in [5.41, 5.74) is 0. The summed E-state index contributed by atoms with van der Waals surface area (Å²) in [6.07, 6.45) is 9.14. The van der Waals surface area contributed by atoms with Crippen molar-refractivity contribution in [2.75, 3.05) is 32.8 Å². The van der Waals surface area contributed by atoms with E-state index in [0.29, 0.717) is 0 Å². The van der Waals surface area contributed by atoms with Crippen molar-refractivity contribution in [2.24, 2.45) is 0 Å². The maximum atomic E-state index is 5.55. The summed E-state index contributed by atoms with van der Waals surface area (Å²) in [4.78, 5) is 2.62. The molecular weight excluding hydrogens is 226 g/mol. The molecule has 0 unspecified atom stereocenters. The smallest absolute Gasteiger partial charge is 0.157 e. The van der Waals surface area contributed by atoms with Crippen molar-refractivity contribution in [3.63, 3.8) is 0 Å². The van der Waals surface area contributed by atoms with Crippen molar-refractivity contribution in [2.45, 2.75) is 65.1 Å². The summed E-state index contributed by atoms with van der Waals surface area (Å²) in [6.45, 7) is 9.48. The largest absolute Gasteiger partial charge is 0.353 e. The van der Waals surface area contributed by atoms with Gasteiger partial charge in [-0.05, 0) is 65.6 Å². The van der Waals surface area contributed by atoms with E-state index in [1.54, 1.807) is 0 Å². The zero-order chi connectivity index (χ0) is 13.1. The first kappa shape index (κ1) is 15.9. The quantitative estimate of drug-likeness (QED) is 0.442. The Hall–Kier alpha value is -0.120. The van der Waals surface area contributed by atoms with Crippen LogP contribution in [0.15, 0.2) is 0 Å². The van der Waals surface area contributed by atoms with Crippen LogP contribution in [0.1, 0.15) is 58.8 Å². The molecule has 0 aliphatic carbocycles. The molecule has 1 saturated heterocycles. The molecule has 1 fully saturated rings. The van der Waals surface area contributed by atoms with Gasteiger partial charge >= 0.3 is 0 Å². The van der Waals surface area contributed by atoms with Crippen molar-refractivity contribution < 1.29 is 9.47 Å². The van der Waals surface area contributed by atoms with Gasteiger partial charge in [0.15, 0.2) is 6.29 Å². The SMILES string of the molecule is CCOC(CCCCCN1CCCCC1)OCC. The minimum absolute atomic E-state index is 0.0231. The van der Waals surface area contributed by atoms with E-state index in [-0.39, 0.29) is 6.29 Å². The minimum atomic E-state index is 0.0231. The van der Waals surface area contributed by atoms with E-state index < -0.39 is 0 Å². The number of likely N-dealkylation sites (tertiary alicyclic amines) is 1. The van der Waals surface area contributed by atoms with Gasteiger partial charge in [-0.15, -0.1) is 0 Å². The monoisotopic (exact) mass is 257 g/mol. The lowest BCUT2D eigenvalue weighted by Gasteiger charge is -2.26. The summed E-state index contributed by atoms with van der Waals surface area (Å²) < 4.78 is 11.1. The van der Waals surface area contributed by atoms with Gasteiger partial charge in [0.25, 0.3) is 0 Å². The van der Waals surface area contributed by atoms with E-state index in [0.717, 1.165) is 19.6 Å². The number of piperidine rings is 1. The molecule has 108 valence electrons. The van der Waals surface area contributed by atoms with Crippen molar-refractivity contribution in [3.8, 4) is 0 Å². The lowest BCUT2D eigenvalue weighted by molar-refractivity contribution is -0.140. The Morgan fingerprint density at radius 2 is 1.56 bits per heavy atom. The molecule has 0 aromatic carbocycles. The number of rotatable bonds is 10. The first-order valence-corrected chi connectivity index (χ1v) is 7.82. The predicted molar refractivity (Wildman–Crippen MR) is 75.8 cm³/mol. The Kier molecular flexibility index (Phi) is 9.54. The first-order chi connectivity index (χ1) is 8.86. The third-order valence-corrected chi connectivity index (χ3v) is 3.57. The lowest BCUT2D eigenvalue weighted by Crippen LogP contribution is -2.30. The van der Waals surface area contributed by atoms with Crippen LogP contribution in [-0.2, 0) is 9.47 Å². The van der Waals surface area contributed by atoms with Gasteiger partial charge in [0.1, 0.15) is 0 Å². The number of unbranched alkanes of at least 4 members (excludes halogenated alkanes) is 2. The van der Waals surface area contributed by atoms with Crippen molar-refractivity contribution in [3.05, 3.63) is 0 Å². The van der Waals surface area contributed by atoms with Crippen LogP contribution in [-0.4, -0.2) is 44.0 Å². The lowest BCUT2D eigenvalue weighted by atomic mass is 10.1. The maximum Gasteiger partial charge on any atom is 0.157 e. The second-order valence-electron chi connectivity index (χ2n) is 5.09. The maximum absolute atomic E-state index is 5.55. The molecule has 1 aliphatic rings. The van der Waals surface area contributed by atoms with E-state index in [4.69, 9.17) is 9.47 Å². The molecule has 3 nitrogen and oxygen atoms in total. The number of nitrogens with zero attached hydrogens (tertiary/aromatic N) is 1. The molecule has 0 spiro atoms. The van der Waals surface area contributed by atoms with Gasteiger partial charge in [-0.3, -0.25) is 0 Å². The third-order valence-electron chi connectivity index (χ3n) is 3.57. The molecule has 18 heavy (non-hydrogen) atoms. The van der Waals surface area contributed by atoms with Crippen LogP contribution in [0.4, 0.5) is 0 Å². The van der Waals surface area contributed by atoms with Crippen LogP contribution in [0.2, 0.25) is 0 Å². The van der Waals surface area contributed by atoms with Crippen LogP contribution in [0.5, 0.6) is 0 Å². The van der Waals surface area contributed by atoms with Crippen LogP contribution in [0, 0.1) is 0 Å². The van der Waals surface area contributed by atoms with E-state index in [1.807, 2.05) is 13.8 Å². The summed E-state index contributed by atoms with van der Waals surface area (Å²) in [7, 11) is 0. The molecular formula is C15H31NO2. The third kappa shape index (κ3) is 7.34. The van der Waals surface area contributed by atoms with E-state index >= 15 is 0 Å². The van der Waals surface area contributed by atoms with Crippen LogP contribution >= 0.6 is 0 Å². The first-order valence-electron chi connectivity index (χ1n) is 7.82. The fourth-order valence-electron chi connectivity index (χ4n) is 2.59. The van der Waals surface area contributed by atoms with Crippen molar-refractivity contribution >= 4 is 0 Å². The highest BCUT2D eigenvalue weighted by molar-refractivity contribution is 4.64. The number of hydrogen-bond acceptors (Lipinski definition) is 3. The van der Waals surface area contributed by atoms with Crippen molar-refractivity contribution in [1.29, 1.82) is 0 Å². The summed E-state index contributed by atoms with van der Waals surface area (Å²) >= 11 is 0. The van der Waals surface area contributed by atoms with E-state index in [1.165, 1.54) is 58.2 Å². The molecule has 0 bridgehead atoms. The summed E-state index contributed by atoms with van der Waals surface area (Å²) in [5, 5.41) is 0. The molecule has 0 aromatic heterocycles. The second-order valence-corrected chi connectivity index (χ2v) is 5.09. The Morgan fingerprint density at radius 1 is 0.889 bits per heavy atom. The minimum Gasteiger partial charge on any atom is -0.353 e. The van der Waals surface area contributed by atoms with Gasteiger partial charge < -0.3 is 14.4 Å². The van der Waals surface area contributed by atoms with Crippen LogP contribution in [0.3, 0.4) is 0 Å². The fraction of sp³-hybridized carbons (Fsp3) is 1.00. The highest BCUT2D eigenvalue weighted by Crippen LogP contribution is 2.12. The van der Waals surface area contributed by atoms with Gasteiger partial charge in [0.05, 0.1) is 0 Å². The molecule has 1 heterocycles. The Morgan fingerprint density at radius 3 is 2.17 bits per heavy atom. The Bertz CT molecular complexity index is 175. The van der Waals surface area contributed by atoms with Crippen LogP contribution in [0.25, 0.3) is 0 Å². The molecule has 0 aromatic rings. The average Bonchev–Trinajstić information content (AvgIpc) is 2.40. The van der Waals surface area contributed by atoms with E-state index in [2.05, 4.69) is 4.90 Å². The number of ether oxygens (including phenoxy) is 2. The molecule has 1 rings (SSSR count). The summed E-state index contributed by atoms with van der Waals surface area (Å²) in [6, 6.07) is 0.